The van der Waals surface area contributed by atoms with Gasteiger partial charge in [0.1, 0.15) is 6.54 Å². The average molecular weight is 415 g/mol. The van der Waals surface area contributed by atoms with Crippen LogP contribution >= 0.6 is 0 Å². The largest absolute Gasteiger partial charge is 0.420 e. The first kappa shape index (κ1) is 19.4. The number of sulfonamides is 1. The third-order valence-electron chi connectivity index (χ3n) is 5.08. The Labute approximate surface area is 167 Å². The fourth-order valence-corrected chi connectivity index (χ4v) is 5.05. The second-order valence-corrected chi connectivity index (χ2v) is 8.92. The fourth-order valence-electron chi connectivity index (χ4n) is 3.56. The van der Waals surface area contributed by atoms with Crippen molar-refractivity contribution < 1.29 is 17.6 Å². The van der Waals surface area contributed by atoms with Crippen molar-refractivity contribution in [3.8, 4) is 0 Å². The maximum Gasteiger partial charge on any atom is 0.420 e. The molecule has 1 aliphatic rings. The highest BCUT2D eigenvalue weighted by molar-refractivity contribution is 7.89. The monoisotopic (exact) mass is 415 g/mol. The Balaban J connectivity index is 1.37. The molecule has 0 unspecified atom stereocenters. The summed E-state index contributed by atoms with van der Waals surface area (Å²) in [5, 5.41) is 2.90. The Morgan fingerprint density at radius 3 is 2.41 bits per heavy atom. The van der Waals surface area contributed by atoms with Gasteiger partial charge in [-0.15, -0.1) is 0 Å². The topological polar surface area (TPSA) is 102 Å². The Morgan fingerprint density at radius 2 is 1.69 bits per heavy atom. The number of benzene rings is 2. The molecule has 1 saturated heterocycles. The quantitative estimate of drug-likeness (QED) is 0.682. The van der Waals surface area contributed by atoms with E-state index in [4.69, 9.17) is 4.42 Å². The summed E-state index contributed by atoms with van der Waals surface area (Å²) < 4.78 is 33.2. The molecule has 4 rings (SSSR count). The van der Waals surface area contributed by atoms with Crippen LogP contribution in [0.4, 0.5) is 0 Å². The molecule has 1 aromatic heterocycles. The number of para-hydroxylation sites is 2. The van der Waals surface area contributed by atoms with Crippen molar-refractivity contribution in [2.75, 3.05) is 13.1 Å². The zero-order chi connectivity index (χ0) is 20.4. The molecule has 3 aromatic rings. The van der Waals surface area contributed by atoms with Crippen molar-refractivity contribution in [1.29, 1.82) is 0 Å². The van der Waals surface area contributed by atoms with E-state index in [1.165, 1.54) is 8.87 Å². The van der Waals surface area contributed by atoms with Gasteiger partial charge in [0.25, 0.3) is 0 Å². The van der Waals surface area contributed by atoms with E-state index in [1.807, 2.05) is 0 Å². The second kappa shape index (κ2) is 7.84. The molecule has 152 valence electrons. The van der Waals surface area contributed by atoms with Crippen LogP contribution in [0.1, 0.15) is 12.8 Å². The van der Waals surface area contributed by atoms with Crippen LogP contribution in [0, 0.1) is 0 Å². The minimum absolute atomic E-state index is 0.140. The summed E-state index contributed by atoms with van der Waals surface area (Å²) in [6.07, 6.45) is 1.03. The van der Waals surface area contributed by atoms with Crippen LogP contribution in [0.2, 0.25) is 0 Å². The molecule has 1 fully saturated rings. The lowest BCUT2D eigenvalue weighted by Gasteiger charge is -2.31. The van der Waals surface area contributed by atoms with Crippen LogP contribution in [-0.2, 0) is 21.4 Å². The van der Waals surface area contributed by atoms with E-state index < -0.39 is 15.8 Å². The Morgan fingerprint density at radius 1 is 1.03 bits per heavy atom. The van der Waals surface area contributed by atoms with Crippen LogP contribution < -0.4 is 11.1 Å². The van der Waals surface area contributed by atoms with E-state index in [2.05, 4.69) is 5.32 Å². The smallest absolute Gasteiger partial charge is 0.408 e. The Hall–Kier alpha value is -2.91. The summed E-state index contributed by atoms with van der Waals surface area (Å²) in [5.41, 5.74) is 1.00. The lowest BCUT2D eigenvalue weighted by atomic mass is 10.1. The fraction of sp³-hybridized carbons (Fsp3) is 0.300. The number of carbonyl (C=O) groups excluding carboxylic acids is 1. The third kappa shape index (κ3) is 3.96. The number of oxazole rings is 1. The normalized spacial score (nSPS) is 16.1. The van der Waals surface area contributed by atoms with Crippen LogP contribution in [0.25, 0.3) is 11.1 Å². The van der Waals surface area contributed by atoms with Crippen LogP contribution in [-0.4, -0.2) is 42.3 Å². The third-order valence-corrected chi connectivity index (χ3v) is 6.99. The summed E-state index contributed by atoms with van der Waals surface area (Å²) >= 11 is 0. The summed E-state index contributed by atoms with van der Waals surface area (Å²) in [6.45, 7) is 0.520. The molecule has 2 heterocycles. The number of nitrogens with zero attached hydrogens (tertiary/aromatic N) is 2. The van der Waals surface area contributed by atoms with Gasteiger partial charge < -0.3 is 9.73 Å². The van der Waals surface area contributed by atoms with E-state index in [0.717, 1.165) is 0 Å². The van der Waals surface area contributed by atoms with Gasteiger partial charge in [-0.05, 0) is 37.1 Å². The molecule has 29 heavy (non-hydrogen) atoms. The first-order valence-corrected chi connectivity index (χ1v) is 10.8. The molecule has 8 nitrogen and oxygen atoms in total. The van der Waals surface area contributed by atoms with Gasteiger partial charge in [-0.2, -0.15) is 4.31 Å². The highest BCUT2D eigenvalue weighted by Crippen LogP contribution is 2.20. The molecule has 1 N–H and O–H groups in total. The second-order valence-electron chi connectivity index (χ2n) is 6.98. The van der Waals surface area contributed by atoms with Crippen molar-refractivity contribution in [3.63, 3.8) is 0 Å². The Bertz CT molecular complexity index is 1180. The summed E-state index contributed by atoms with van der Waals surface area (Å²) in [7, 11) is -3.52. The number of aromatic nitrogens is 1. The standard InChI is InChI=1S/C20H21N3O5S/c24-19(14-23-17-8-4-5-9-18(17)28-20(23)25)21-15-10-12-22(13-11-15)29(26,27)16-6-2-1-3-7-16/h1-9,15H,10-14H2,(H,21,24). The molecule has 9 heteroatoms. The average Bonchev–Trinajstić information content (AvgIpc) is 3.04. The molecule has 0 spiro atoms. The van der Waals surface area contributed by atoms with Crippen molar-refractivity contribution in [1.82, 2.24) is 14.2 Å². The molecule has 1 aliphatic heterocycles. The minimum atomic E-state index is -3.52. The number of hydrogen-bond donors (Lipinski definition) is 1. The van der Waals surface area contributed by atoms with E-state index in [1.54, 1.807) is 54.6 Å². The molecule has 0 radical (unpaired) electrons. The summed E-state index contributed by atoms with van der Waals surface area (Å²) in [5.74, 6) is -0.881. The van der Waals surface area contributed by atoms with Gasteiger partial charge >= 0.3 is 5.76 Å². The minimum Gasteiger partial charge on any atom is -0.408 e. The predicted molar refractivity (Wildman–Crippen MR) is 107 cm³/mol. The molecular formula is C20H21N3O5S. The molecule has 1 amide bonds. The van der Waals surface area contributed by atoms with Gasteiger partial charge in [-0.3, -0.25) is 9.36 Å². The van der Waals surface area contributed by atoms with Crippen LogP contribution in [0.5, 0.6) is 0 Å². The Kier molecular flexibility index (Phi) is 5.25. The first-order valence-electron chi connectivity index (χ1n) is 9.38. The SMILES string of the molecule is O=C(Cn1c(=O)oc2ccccc21)NC1CCN(S(=O)(=O)c2ccccc2)CC1. The zero-order valence-corrected chi connectivity index (χ0v) is 16.5. The van der Waals surface area contributed by atoms with Gasteiger partial charge in [0, 0.05) is 19.1 Å². The number of carbonyl (C=O) groups is 1. The van der Waals surface area contributed by atoms with E-state index in [9.17, 15) is 18.0 Å². The highest BCUT2D eigenvalue weighted by Gasteiger charge is 2.30. The summed E-state index contributed by atoms with van der Waals surface area (Å²) in [4.78, 5) is 24.7. The molecule has 0 saturated carbocycles. The van der Waals surface area contributed by atoms with E-state index >= 15 is 0 Å². The van der Waals surface area contributed by atoms with Crippen molar-refractivity contribution in [2.45, 2.75) is 30.3 Å². The lowest BCUT2D eigenvalue weighted by molar-refractivity contribution is -0.122. The lowest BCUT2D eigenvalue weighted by Crippen LogP contribution is -2.47. The molecule has 0 aliphatic carbocycles. The van der Waals surface area contributed by atoms with Gasteiger partial charge in [0.05, 0.1) is 10.4 Å². The van der Waals surface area contributed by atoms with Gasteiger partial charge in [-0.25, -0.2) is 13.2 Å². The predicted octanol–water partition coefficient (Wildman–Crippen LogP) is 1.56. The van der Waals surface area contributed by atoms with E-state index in [0.29, 0.717) is 37.0 Å². The molecule has 0 bridgehead atoms. The number of piperidine rings is 1. The van der Waals surface area contributed by atoms with Crippen molar-refractivity contribution >= 4 is 27.0 Å². The molecule has 0 atom stereocenters. The first-order chi connectivity index (χ1) is 13.9. The number of amides is 1. The van der Waals surface area contributed by atoms with Crippen molar-refractivity contribution in [3.05, 3.63) is 65.1 Å². The zero-order valence-electron chi connectivity index (χ0n) is 15.7. The van der Waals surface area contributed by atoms with Gasteiger partial charge in [-0.1, -0.05) is 30.3 Å². The molecular weight excluding hydrogens is 394 g/mol. The van der Waals surface area contributed by atoms with Gasteiger partial charge in [0.2, 0.25) is 15.9 Å². The maximum absolute atomic E-state index is 12.7. The number of hydrogen-bond acceptors (Lipinski definition) is 5. The number of fused-ring (bicyclic) bond motifs is 1. The summed E-state index contributed by atoms with van der Waals surface area (Å²) in [6, 6.07) is 15.1. The van der Waals surface area contributed by atoms with Crippen LogP contribution in [0.15, 0.2) is 68.7 Å². The van der Waals surface area contributed by atoms with Crippen LogP contribution in [0.3, 0.4) is 0 Å². The maximum atomic E-state index is 12.7. The van der Waals surface area contributed by atoms with Gasteiger partial charge in [0.15, 0.2) is 5.58 Å². The van der Waals surface area contributed by atoms with Crippen molar-refractivity contribution in [2.24, 2.45) is 0 Å². The molecule has 2 aromatic carbocycles. The highest BCUT2D eigenvalue weighted by atomic mass is 32.2. The number of rotatable bonds is 5. The van der Waals surface area contributed by atoms with E-state index in [-0.39, 0.29) is 23.4 Å². The number of nitrogens with one attached hydrogen (secondary N) is 1.